The zero-order valence-electron chi connectivity index (χ0n) is 13.5. The molecule has 1 aromatic rings. The molecule has 20 heavy (non-hydrogen) atoms. The van der Waals surface area contributed by atoms with Crippen LogP contribution in [0.1, 0.15) is 37.5 Å². The highest BCUT2D eigenvalue weighted by molar-refractivity contribution is 6.60. The van der Waals surface area contributed by atoms with Crippen molar-refractivity contribution in [2.24, 2.45) is 0 Å². The van der Waals surface area contributed by atoms with Gasteiger partial charge in [-0.2, -0.15) is 0 Å². The number of hydrogen-bond acceptors (Lipinski definition) is 3. The van der Waals surface area contributed by atoms with E-state index in [4.69, 9.17) is 13.3 Å². The third-order valence-electron chi connectivity index (χ3n) is 3.38. The molecular weight excluding hydrogens is 268 g/mol. The van der Waals surface area contributed by atoms with Crippen molar-refractivity contribution < 1.29 is 13.3 Å². The van der Waals surface area contributed by atoms with E-state index >= 15 is 0 Å². The maximum Gasteiger partial charge on any atom is 0.501 e. The van der Waals surface area contributed by atoms with Gasteiger partial charge in [0.25, 0.3) is 0 Å². The number of hydrogen-bond donors (Lipinski definition) is 0. The van der Waals surface area contributed by atoms with Gasteiger partial charge in [-0.25, -0.2) is 0 Å². The predicted molar refractivity (Wildman–Crippen MR) is 85.1 cm³/mol. The molecular formula is C16H28O3Si. The molecule has 0 bridgehead atoms. The summed E-state index contributed by atoms with van der Waals surface area (Å²) in [6.45, 7) is 12.2. The van der Waals surface area contributed by atoms with Crippen molar-refractivity contribution in [3.05, 3.63) is 34.9 Å². The summed E-state index contributed by atoms with van der Waals surface area (Å²) in [6, 6.07) is 7.45. The Labute approximate surface area is 124 Å². The molecule has 0 aromatic heterocycles. The molecule has 0 heterocycles. The van der Waals surface area contributed by atoms with Gasteiger partial charge in [-0.05, 0) is 57.7 Å². The van der Waals surface area contributed by atoms with Gasteiger partial charge in [-0.15, -0.1) is 0 Å². The zero-order valence-corrected chi connectivity index (χ0v) is 14.5. The van der Waals surface area contributed by atoms with Crippen LogP contribution in [0.3, 0.4) is 0 Å². The van der Waals surface area contributed by atoms with E-state index in [-0.39, 0.29) is 0 Å². The maximum atomic E-state index is 5.88. The molecule has 0 spiro atoms. The Hall–Kier alpha value is -0.683. The Morgan fingerprint density at radius 3 is 1.85 bits per heavy atom. The molecule has 3 nitrogen and oxygen atoms in total. The molecule has 0 atom stereocenters. The van der Waals surface area contributed by atoms with Gasteiger partial charge in [0.1, 0.15) is 0 Å². The maximum absolute atomic E-state index is 5.88. The van der Waals surface area contributed by atoms with Gasteiger partial charge in [0.15, 0.2) is 0 Å². The molecule has 0 N–H and O–H groups in total. The summed E-state index contributed by atoms with van der Waals surface area (Å²) in [7, 11) is -2.51. The molecule has 0 radical (unpaired) electrons. The SMILES string of the molecule is CCO[Si](CCc1ccc(C)c(C)c1)(OCC)OCC. The van der Waals surface area contributed by atoms with Crippen LogP contribution in [0.5, 0.6) is 0 Å². The molecule has 1 aromatic carbocycles. The molecule has 0 aliphatic heterocycles. The van der Waals surface area contributed by atoms with Gasteiger partial charge in [0, 0.05) is 25.9 Å². The zero-order chi connectivity index (χ0) is 15.0. The molecule has 114 valence electrons. The highest BCUT2D eigenvalue weighted by Crippen LogP contribution is 2.20. The van der Waals surface area contributed by atoms with Gasteiger partial charge < -0.3 is 13.3 Å². The van der Waals surface area contributed by atoms with E-state index in [1.54, 1.807) is 0 Å². The van der Waals surface area contributed by atoms with E-state index in [0.717, 1.165) is 12.5 Å². The van der Waals surface area contributed by atoms with Crippen LogP contribution in [0.2, 0.25) is 6.04 Å². The third kappa shape index (κ3) is 5.02. The topological polar surface area (TPSA) is 27.7 Å². The van der Waals surface area contributed by atoms with Crippen molar-refractivity contribution in [1.82, 2.24) is 0 Å². The number of rotatable bonds is 9. The molecule has 0 saturated carbocycles. The largest absolute Gasteiger partial charge is 0.501 e. The Balaban J connectivity index is 2.75. The Morgan fingerprint density at radius 1 is 0.850 bits per heavy atom. The third-order valence-corrected chi connectivity index (χ3v) is 6.43. The minimum absolute atomic E-state index is 0.638. The van der Waals surface area contributed by atoms with Crippen molar-refractivity contribution in [2.75, 3.05) is 19.8 Å². The van der Waals surface area contributed by atoms with E-state index in [1.807, 2.05) is 20.8 Å². The highest BCUT2D eigenvalue weighted by atomic mass is 28.4. The summed E-state index contributed by atoms with van der Waals surface area (Å²) in [5, 5.41) is 0. The molecule has 0 saturated heterocycles. The second-order valence-corrected chi connectivity index (χ2v) is 7.63. The molecule has 0 fully saturated rings. The minimum Gasteiger partial charge on any atom is -0.374 e. The second kappa shape index (κ2) is 8.57. The molecule has 1 rings (SSSR count). The average Bonchev–Trinajstić information content (AvgIpc) is 2.41. The van der Waals surface area contributed by atoms with Crippen LogP contribution in [-0.4, -0.2) is 28.6 Å². The summed E-state index contributed by atoms with van der Waals surface area (Å²) in [5.74, 6) is 0. The van der Waals surface area contributed by atoms with Gasteiger partial charge in [-0.1, -0.05) is 18.2 Å². The van der Waals surface area contributed by atoms with Gasteiger partial charge in [-0.3, -0.25) is 0 Å². The van der Waals surface area contributed by atoms with Gasteiger partial charge in [0.05, 0.1) is 0 Å². The average molecular weight is 296 g/mol. The van der Waals surface area contributed by atoms with Crippen LogP contribution in [0, 0.1) is 13.8 Å². The number of aryl methyl sites for hydroxylation is 3. The first-order chi connectivity index (χ1) is 9.56. The van der Waals surface area contributed by atoms with Crippen molar-refractivity contribution in [3.63, 3.8) is 0 Å². The minimum atomic E-state index is -2.51. The van der Waals surface area contributed by atoms with Crippen LogP contribution in [0.4, 0.5) is 0 Å². The normalized spacial score (nSPS) is 11.8. The van der Waals surface area contributed by atoms with E-state index in [2.05, 4.69) is 32.0 Å². The van der Waals surface area contributed by atoms with Crippen LogP contribution >= 0.6 is 0 Å². The molecule has 0 aliphatic carbocycles. The molecule has 0 unspecified atom stereocenters. The van der Waals surface area contributed by atoms with Crippen molar-refractivity contribution >= 4 is 8.80 Å². The summed E-state index contributed by atoms with van der Waals surface area (Å²) in [5.41, 5.74) is 3.99. The lowest BCUT2D eigenvalue weighted by Gasteiger charge is -2.28. The van der Waals surface area contributed by atoms with E-state index in [1.165, 1.54) is 16.7 Å². The van der Waals surface area contributed by atoms with E-state index in [0.29, 0.717) is 19.8 Å². The van der Waals surface area contributed by atoms with Gasteiger partial charge in [0.2, 0.25) is 0 Å². The van der Waals surface area contributed by atoms with Crippen LogP contribution in [0.25, 0.3) is 0 Å². The van der Waals surface area contributed by atoms with Crippen LogP contribution in [-0.2, 0) is 19.7 Å². The predicted octanol–water partition coefficient (Wildman–Crippen LogP) is 3.89. The summed E-state index contributed by atoms with van der Waals surface area (Å²) in [6.07, 6.45) is 0.938. The van der Waals surface area contributed by atoms with Crippen LogP contribution in [0.15, 0.2) is 18.2 Å². The lowest BCUT2D eigenvalue weighted by Crippen LogP contribution is -2.46. The first-order valence-electron chi connectivity index (χ1n) is 7.54. The quantitative estimate of drug-likeness (QED) is 0.647. The smallest absolute Gasteiger partial charge is 0.374 e. The van der Waals surface area contributed by atoms with Crippen molar-refractivity contribution in [2.45, 2.75) is 47.1 Å². The summed E-state index contributed by atoms with van der Waals surface area (Å²) < 4.78 is 17.6. The van der Waals surface area contributed by atoms with Crippen molar-refractivity contribution in [3.8, 4) is 0 Å². The summed E-state index contributed by atoms with van der Waals surface area (Å²) >= 11 is 0. The lowest BCUT2D eigenvalue weighted by atomic mass is 10.1. The number of benzene rings is 1. The monoisotopic (exact) mass is 296 g/mol. The van der Waals surface area contributed by atoms with E-state index < -0.39 is 8.80 Å². The second-order valence-electron chi connectivity index (χ2n) is 4.90. The molecule has 4 heteroatoms. The Morgan fingerprint density at radius 2 is 1.40 bits per heavy atom. The van der Waals surface area contributed by atoms with Crippen LogP contribution < -0.4 is 0 Å². The van der Waals surface area contributed by atoms with Crippen molar-refractivity contribution in [1.29, 1.82) is 0 Å². The van der Waals surface area contributed by atoms with E-state index in [9.17, 15) is 0 Å². The molecule has 0 aliphatic rings. The standard InChI is InChI=1S/C16H28O3Si/c1-6-17-20(18-7-2,19-8-3)12-11-16-10-9-14(4)15(5)13-16/h9-10,13H,6-8,11-12H2,1-5H3. The summed E-state index contributed by atoms with van der Waals surface area (Å²) in [4.78, 5) is 0. The molecule has 0 amide bonds. The Kier molecular flexibility index (Phi) is 7.44. The van der Waals surface area contributed by atoms with Gasteiger partial charge >= 0.3 is 8.80 Å². The highest BCUT2D eigenvalue weighted by Gasteiger charge is 2.39. The Bertz CT molecular complexity index is 390. The first kappa shape index (κ1) is 17.4. The fraction of sp³-hybridized carbons (Fsp3) is 0.625. The fourth-order valence-electron chi connectivity index (χ4n) is 2.26. The first-order valence-corrected chi connectivity index (χ1v) is 9.48. The fourth-order valence-corrected chi connectivity index (χ4v) is 4.86. The lowest BCUT2D eigenvalue weighted by molar-refractivity contribution is 0.0714.